The number of thioether (sulfide) groups is 1. The van der Waals surface area contributed by atoms with Gasteiger partial charge in [0.2, 0.25) is 11.1 Å². The molecule has 25 heavy (non-hydrogen) atoms. The van der Waals surface area contributed by atoms with Crippen molar-refractivity contribution in [3.05, 3.63) is 42.4 Å². The van der Waals surface area contributed by atoms with Crippen molar-refractivity contribution >= 4 is 34.3 Å². The van der Waals surface area contributed by atoms with Gasteiger partial charge in [0.25, 0.3) is 0 Å². The van der Waals surface area contributed by atoms with Crippen molar-refractivity contribution < 1.29 is 4.79 Å². The van der Waals surface area contributed by atoms with Gasteiger partial charge in [0.1, 0.15) is 5.82 Å². The quantitative estimate of drug-likeness (QED) is 0.659. The van der Waals surface area contributed by atoms with Gasteiger partial charge in [0.05, 0.1) is 16.5 Å². The van der Waals surface area contributed by atoms with Crippen LogP contribution in [0, 0.1) is 5.92 Å². The summed E-state index contributed by atoms with van der Waals surface area (Å²) in [5.74, 6) is 0.909. The molecule has 0 saturated heterocycles. The van der Waals surface area contributed by atoms with Gasteiger partial charge in [-0.15, -0.1) is 5.10 Å². The number of nitrogens with zero attached hydrogens (tertiary/aromatic N) is 3. The highest BCUT2D eigenvalue weighted by molar-refractivity contribution is 8.00. The maximum Gasteiger partial charge on any atom is 0.238 e. The van der Waals surface area contributed by atoms with E-state index in [0.717, 1.165) is 28.8 Å². The summed E-state index contributed by atoms with van der Waals surface area (Å²) in [6.07, 6.45) is 2.53. The lowest BCUT2D eigenvalue weighted by Gasteiger charge is -2.19. The first-order valence-corrected chi connectivity index (χ1v) is 9.19. The molecule has 2 aromatic heterocycles. The molecule has 0 aliphatic heterocycles. The second-order valence-corrected chi connectivity index (χ2v) is 7.17. The summed E-state index contributed by atoms with van der Waals surface area (Å²) in [6, 6.07) is 9.54. The summed E-state index contributed by atoms with van der Waals surface area (Å²) in [4.78, 5) is 21.6. The minimum absolute atomic E-state index is 0.0563. The molecular formula is C18H21N5OS. The highest BCUT2D eigenvalue weighted by Crippen LogP contribution is 2.28. The predicted octanol–water partition coefficient (Wildman–Crippen LogP) is 3.67. The molecule has 130 valence electrons. The van der Waals surface area contributed by atoms with E-state index in [4.69, 9.17) is 0 Å². The number of nitrogens with one attached hydrogen (secondary N) is 2. The number of benzene rings is 1. The van der Waals surface area contributed by atoms with Gasteiger partial charge in [-0.05, 0) is 30.2 Å². The molecule has 0 fully saturated rings. The highest BCUT2D eigenvalue weighted by Gasteiger charge is 2.25. The number of amides is 1. The van der Waals surface area contributed by atoms with Gasteiger partial charge in [0.15, 0.2) is 0 Å². The first kappa shape index (κ1) is 17.4. The maximum atomic E-state index is 12.9. The minimum Gasteiger partial charge on any atom is -0.324 e. The summed E-state index contributed by atoms with van der Waals surface area (Å²) in [5, 5.41) is 11.4. The molecule has 0 radical (unpaired) electrons. The van der Waals surface area contributed by atoms with Crippen LogP contribution in [0.4, 0.5) is 5.69 Å². The number of anilines is 1. The third-order valence-corrected chi connectivity index (χ3v) is 5.25. The second-order valence-electron chi connectivity index (χ2n) is 6.07. The predicted molar refractivity (Wildman–Crippen MR) is 101 cm³/mol. The number of carbonyl (C=O) groups excluding carboxylic acids is 1. The lowest BCUT2D eigenvalue weighted by molar-refractivity contribution is -0.116. The third-order valence-electron chi connectivity index (χ3n) is 3.85. The van der Waals surface area contributed by atoms with E-state index in [9.17, 15) is 4.79 Å². The number of fused-ring (bicyclic) bond motifs is 1. The molecule has 6 nitrogen and oxygen atoms in total. The van der Waals surface area contributed by atoms with Gasteiger partial charge in [0, 0.05) is 18.0 Å². The van der Waals surface area contributed by atoms with E-state index in [-0.39, 0.29) is 17.1 Å². The SMILES string of the molecule is CCc1nc(SC(C(=O)Nc2cccc3ncccc23)C(C)C)n[nH]1. The Kier molecular flexibility index (Phi) is 5.33. The van der Waals surface area contributed by atoms with Crippen LogP contribution in [0.3, 0.4) is 0 Å². The van der Waals surface area contributed by atoms with Crippen LogP contribution >= 0.6 is 11.8 Å². The van der Waals surface area contributed by atoms with Gasteiger partial charge >= 0.3 is 0 Å². The van der Waals surface area contributed by atoms with E-state index >= 15 is 0 Å². The molecule has 7 heteroatoms. The van der Waals surface area contributed by atoms with Crippen molar-refractivity contribution in [3.8, 4) is 0 Å². The Morgan fingerprint density at radius 1 is 1.28 bits per heavy atom. The van der Waals surface area contributed by atoms with Crippen molar-refractivity contribution in [3.63, 3.8) is 0 Å². The maximum absolute atomic E-state index is 12.9. The number of aromatic nitrogens is 4. The zero-order valence-corrected chi connectivity index (χ0v) is 15.3. The van der Waals surface area contributed by atoms with Gasteiger partial charge < -0.3 is 5.32 Å². The molecule has 0 aliphatic rings. The van der Waals surface area contributed by atoms with Crippen molar-refractivity contribution in [2.75, 3.05) is 5.32 Å². The Balaban J connectivity index is 1.80. The standard InChI is InChI=1S/C18H21N5OS/c1-4-15-21-18(23-22-15)25-16(11(2)3)17(24)20-14-9-5-8-13-12(14)7-6-10-19-13/h5-11,16H,4H2,1-3H3,(H,20,24)(H,21,22,23). The zero-order valence-electron chi connectivity index (χ0n) is 14.5. The smallest absolute Gasteiger partial charge is 0.238 e. The second kappa shape index (κ2) is 7.65. The molecule has 1 atom stereocenters. The van der Waals surface area contributed by atoms with Gasteiger partial charge in [-0.25, -0.2) is 4.98 Å². The lowest BCUT2D eigenvalue weighted by Crippen LogP contribution is -2.29. The Morgan fingerprint density at radius 3 is 2.84 bits per heavy atom. The average molecular weight is 355 g/mol. The average Bonchev–Trinajstić information content (AvgIpc) is 3.07. The van der Waals surface area contributed by atoms with E-state index in [1.807, 2.05) is 51.1 Å². The number of rotatable bonds is 6. The van der Waals surface area contributed by atoms with Gasteiger partial charge in [-0.2, -0.15) is 0 Å². The van der Waals surface area contributed by atoms with Crippen LogP contribution in [0.1, 0.15) is 26.6 Å². The Labute approximate surface area is 150 Å². The minimum atomic E-state index is -0.285. The topological polar surface area (TPSA) is 83.6 Å². The normalized spacial score (nSPS) is 12.5. The van der Waals surface area contributed by atoms with Crippen molar-refractivity contribution in [1.82, 2.24) is 20.2 Å². The molecule has 2 N–H and O–H groups in total. The molecule has 0 spiro atoms. The van der Waals surface area contributed by atoms with Crippen LogP contribution in [0.2, 0.25) is 0 Å². The number of H-pyrrole nitrogens is 1. The summed E-state index contributed by atoms with van der Waals surface area (Å²) in [5.41, 5.74) is 1.63. The molecule has 0 aliphatic carbocycles. The zero-order chi connectivity index (χ0) is 17.8. The first-order valence-electron chi connectivity index (χ1n) is 8.31. The van der Waals surface area contributed by atoms with E-state index in [0.29, 0.717) is 5.16 Å². The van der Waals surface area contributed by atoms with E-state index in [1.165, 1.54) is 11.8 Å². The molecule has 3 rings (SSSR count). The van der Waals surface area contributed by atoms with Crippen LogP contribution in [0.5, 0.6) is 0 Å². The fourth-order valence-electron chi connectivity index (χ4n) is 2.51. The Morgan fingerprint density at radius 2 is 2.12 bits per heavy atom. The molecule has 1 aromatic carbocycles. The first-order chi connectivity index (χ1) is 12.1. The van der Waals surface area contributed by atoms with Crippen LogP contribution in [-0.2, 0) is 11.2 Å². The van der Waals surface area contributed by atoms with E-state index in [1.54, 1.807) is 6.20 Å². The number of aryl methyl sites for hydroxylation is 1. The summed E-state index contributed by atoms with van der Waals surface area (Å²) in [6.45, 7) is 6.06. The molecule has 2 heterocycles. The molecule has 0 bridgehead atoms. The van der Waals surface area contributed by atoms with Crippen molar-refractivity contribution in [2.45, 2.75) is 37.6 Å². The molecule has 1 amide bonds. The van der Waals surface area contributed by atoms with Crippen LogP contribution in [0.15, 0.2) is 41.7 Å². The van der Waals surface area contributed by atoms with Crippen molar-refractivity contribution in [2.24, 2.45) is 5.92 Å². The fraction of sp³-hybridized carbons (Fsp3) is 0.333. The lowest BCUT2D eigenvalue weighted by atomic mass is 10.1. The van der Waals surface area contributed by atoms with E-state index < -0.39 is 0 Å². The highest BCUT2D eigenvalue weighted by atomic mass is 32.2. The van der Waals surface area contributed by atoms with E-state index in [2.05, 4.69) is 25.5 Å². The summed E-state index contributed by atoms with van der Waals surface area (Å²) in [7, 11) is 0. The number of pyridine rings is 1. The number of hydrogen-bond donors (Lipinski definition) is 2. The van der Waals surface area contributed by atoms with Crippen LogP contribution in [0.25, 0.3) is 10.9 Å². The Bertz CT molecular complexity index is 871. The van der Waals surface area contributed by atoms with Crippen molar-refractivity contribution in [1.29, 1.82) is 0 Å². The monoisotopic (exact) mass is 355 g/mol. The fourth-order valence-corrected chi connectivity index (χ4v) is 3.44. The molecule has 1 unspecified atom stereocenters. The number of carbonyl (C=O) groups is 1. The number of aromatic amines is 1. The Hall–Kier alpha value is -2.41. The molecule has 0 saturated carbocycles. The van der Waals surface area contributed by atoms with Crippen LogP contribution in [-0.4, -0.2) is 31.3 Å². The molecular weight excluding hydrogens is 334 g/mol. The summed E-state index contributed by atoms with van der Waals surface area (Å²) < 4.78 is 0. The largest absolute Gasteiger partial charge is 0.324 e. The number of hydrogen-bond acceptors (Lipinski definition) is 5. The third kappa shape index (κ3) is 3.99. The van der Waals surface area contributed by atoms with Gasteiger partial charge in [-0.3, -0.25) is 14.9 Å². The van der Waals surface area contributed by atoms with Gasteiger partial charge in [-0.1, -0.05) is 38.6 Å². The molecule has 3 aromatic rings. The summed E-state index contributed by atoms with van der Waals surface area (Å²) >= 11 is 1.38. The van der Waals surface area contributed by atoms with Crippen LogP contribution < -0.4 is 5.32 Å².